The standard InChI is InChI=1S/C17H27N3O3/c1-7-8-9-17(19-20-17)11-14(21)18-13(10-12(2)3)15(22)23-16(4,5)6/h1,12-13H,8-11H2,2-6H3,(H,18,21)/t13-/m1/s1. The molecule has 0 aromatic carbocycles. The molecule has 23 heavy (non-hydrogen) atoms. The van der Waals surface area contributed by atoms with Gasteiger partial charge in [0.1, 0.15) is 11.6 Å². The summed E-state index contributed by atoms with van der Waals surface area (Å²) in [6, 6.07) is -0.662. The Balaban J connectivity index is 2.61. The quantitative estimate of drug-likeness (QED) is 0.551. The third-order valence-electron chi connectivity index (χ3n) is 3.23. The zero-order chi connectivity index (χ0) is 17.7. The highest BCUT2D eigenvalue weighted by Gasteiger charge is 2.42. The molecule has 1 aliphatic heterocycles. The van der Waals surface area contributed by atoms with E-state index in [9.17, 15) is 9.59 Å². The summed E-state index contributed by atoms with van der Waals surface area (Å²) in [5.74, 6) is 2.10. The molecule has 1 atom stereocenters. The average Bonchev–Trinajstić information content (AvgIpc) is 3.13. The monoisotopic (exact) mass is 321 g/mol. The van der Waals surface area contributed by atoms with Gasteiger partial charge in [-0.25, -0.2) is 4.79 Å². The van der Waals surface area contributed by atoms with Crippen molar-refractivity contribution >= 4 is 11.9 Å². The number of hydrogen-bond acceptors (Lipinski definition) is 5. The maximum absolute atomic E-state index is 12.3. The Morgan fingerprint density at radius 3 is 2.35 bits per heavy atom. The summed E-state index contributed by atoms with van der Waals surface area (Å²) in [7, 11) is 0. The number of hydrogen-bond donors (Lipinski definition) is 1. The lowest BCUT2D eigenvalue weighted by atomic mass is 10.0. The predicted octanol–water partition coefficient (Wildman–Crippen LogP) is 2.82. The first-order chi connectivity index (χ1) is 10.6. The van der Waals surface area contributed by atoms with E-state index in [1.807, 2.05) is 13.8 Å². The van der Waals surface area contributed by atoms with Crippen LogP contribution in [0, 0.1) is 18.3 Å². The summed E-state index contributed by atoms with van der Waals surface area (Å²) in [5.41, 5.74) is -1.28. The van der Waals surface area contributed by atoms with Gasteiger partial charge in [0.05, 0.1) is 6.42 Å². The second-order valence-electron chi connectivity index (χ2n) is 7.35. The second-order valence-corrected chi connectivity index (χ2v) is 7.35. The van der Waals surface area contributed by atoms with Gasteiger partial charge in [0.2, 0.25) is 11.6 Å². The first-order valence-electron chi connectivity index (χ1n) is 7.97. The normalized spacial score (nSPS) is 16.6. The molecule has 0 fully saturated rings. The first kappa shape index (κ1) is 19.1. The predicted molar refractivity (Wildman–Crippen MR) is 87.5 cm³/mol. The Morgan fingerprint density at radius 2 is 1.91 bits per heavy atom. The van der Waals surface area contributed by atoms with E-state index in [1.54, 1.807) is 20.8 Å². The molecule has 1 heterocycles. The zero-order valence-electron chi connectivity index (χ0n) is 14.7. The maximum atomic E-state index is 12.3. The average molecular weight is 321 g/mol. The molecular formula is C17H27N3O3. The zero-order valence-corrected chi connectivity index (χ0v) is 14.7. The third-order valence-corrected chi connectivity index (χ3v) is 3.23. The van der Waals surface area contributed by atoms with Crippen LogP contribution in [-0.2, 0) is 14.3 Å². The van der Waals surface area contributed by atoms with Crippen LogP contribution in [0.5, 0.6) is 0 Å². The highest BCUT2D eigenvalue weighted by Crippen LogP contribution is 2.36. The van der Waals surface area contributed by atoms with Crippen molar-refractivity contribution in [3.63, 3.8) is 0 Å². The molecule has 0 aromatic rings. The third kappa shape index (κ3) is 7.27. The molecule has 1 rings (SSSR count). The number of rotatable bonds is 8. The van der Waals surface area contributed by atoms with Crippen molar-refractivity contribution in [3.05, 3.63) is 0 Å². The molecule has 0 saturated carbocycles. The van der Waals surface area contributed by atoms with E-state index in [1.165, 1.54) is 0 Å². The molecule has 6 nitrogen and oxygen atoms in total. The van der Waals surface area contributed by atoms with Crippen molar-refractivity contribution in [1.29, 1.82) is 0 Å². The molecule has 128 valence electrons. The molecule has 0 aromatic heterocycles. The van der Waals surface area contributed by atoms with Crippen LogP contribution < -0.4 is 5.32 Å². The van der Waals surface area contributed by atoms with E-state index in [2.05, 4.69) is 21.5 Å². The van der Waals surface area contributed by atoms with E-state index in [0.29, 0.717) is 19.3 Å². The van der Waals surface area contributed by atoms with Crippen LogP contribution in [0.1, 0.15) is 60.3 Å². The minimum atomic E-state index is -0.688. The molecule has 0 aliphatic carbocycles. The van der Waals surface area contributed by atoms with Crippen LogP contribution in [0.15, 0.2) is 10.2 Å². The molecule has 6 heteroatoms. The van der Waals surface area contributed by atoms with Gasteiger partial charge < -0.3 is 10.1 Å². The molecule has 0 unspecified atom stereocenters. The lowest BCUT2D eigenvalue weighted by Gasteiger charge is -2.25. The maximum Gasteiger partial charge on any atom is 0.329 e. The highest BCUT2D eigenvalue weighted by molar-refractivity contribution is 5.85. The summed E-state index contributed by atoms with van der Waals surface area (Å²) in [4.78, 5) is 24.5. The SMILES string of the molecule is C#CCCC1(CC(=O)N[C@H](CC(C)C)C(=O)OC(C)(C)C)N=N1. The Morgan fingerprint density at radius 1 is 1.30 bits per heavy atom. The second kappa shape index (κ2) is 7.58. The number of amides is 1. The van der Waals surface area contributed by atoms with Gasteiger partial charge in [0, 0.05) is 12.8 Å². The Labute approximate surface area is 138 Å². The fourth-order valence-electron chi connectivity index (χ4n) is 2.16. The van der Waals surface area contributed by atoms with Gasteiger partial charge in [-0.1, -0.05) is 13.8 Å². The number of nitrogens with zero attached hydrogens (tertiary/aromatic N) is 2. The van der Waals surface area contributed by atoms with E-state index in [0.717, 1.165) is 0 Å². The van der Waals surface area contributed by atoms with E-state index >= 15 is 0 Å². The van der Waals surface area contributed by atoms with Gasteiger partial charge in [-0.2, -0.15) is 10.2 Å². The van der Waals surface area contributed by atoms with Gasteiger partial charge in [0.25, 0.3) is 0 Å². The molecule has 0 spiro atoms. The summed E-state index contributed by atoms with van der Waals surface area (Å²) >= 11 is 0. The summed E-state index contributed by atoms with van der Waals surface area (Å²) < 4.78 is 5.39. The van der Waals surface area contributed by atoms with Gasteiger partial charge in [-0.05, 0) is 33.1 Å². The van der Waals surface area contributed by atoms with E-state index in [-0.39, 0.29) is 18.2 Å². The Bertz CT molecular complexity index is 506. The summed E-state index contributed by atoms with van der Waals surface area (Å²) in [5, 5.41) is 10.6. The van der Waals surface area contributed by atoms with E-state index in [4.69, 9.17) is 11.2 Å². The van der Waals surface area contributed by atoms with Gasteiger partial charge in [-0.15, -0.1) is 12.3 Å². The van der Waals surface area contributed by atoms with Crippen molar-refractivity contribution in [3.8, 4) is 12.3 Å². The van der Waals surface area contributed by atoms with E-state index < -0.39 is 23.3 Å². The number of carbonyl (C=O) groups is 2. The van der Waals surface area contributed by atoms with Crippen LogP contribution in [0.3, 0.4) is 0 Å². The fourth-order valence-corrected chi connectivity index (χ4v) is 2.16. The number of esters is 1. The molecular weight excluding hydrogens is 294 g/mol. The summed E-state index contributed by atoms with van der Waals surface area (Å²) in [6.07, 6.45) is 6.94. The smallest absolute Gasteiger partial charge is 0.329 e. The number of ether oxygens (including phenoxy) is 1. The molecule has 1 N–H and O–H groups in total. The van der Waals surface area contributed by atoms with Crippen molar-refractivity contribution in [2.24, 2.45) is 16.1 Å². The number of nitrogens with one attached hydrogen (secondary N) is 1. The van der Waals surface area contributed by atoms with Gasteiger partial charge >= 0.3 is 5.97 Å². The first-order valence-corrected chi connectivity index (χ1v) is 7.97. The van der Waals surface area contributed by atoms with Crippen molar-refractivity contribution in [1.82, 2.24) is 5.32 Å². The topological polar surface area (TPSA) is 80.1 Å². The van der Waals surface area contributed by atoms with Gasteiger partial charge in [-0.3, -0.25) is 4.79 Å². The molecule has 0 bridgehead atoms. The minimum Gasteiger partial charge on any atom is -0.458 e. The number of terminal acetylenes is 1. The molecule has 1 amide bonds. The lowest BCUT2D eigenvalue weighted by molar-refractivity contribution is -0.159. The lowest BCUT2D eigenvalue weighted by Crippen LogP contribution is -2.45. The highest BCUT2D eigenvalue weighted by atomic mass is 16.6. The van der Waals surface area contributed by atoms with Crippen LogP contribution in [-0.4, -0.2) is 29.2 Å². The van der Waals surface area contributed by atoms with Crippen LogP contribution in [0.2, 0.25) is 0 Å². The fraction of sp³-hybridized carbons (Fsp3) is 0.765. The molecule has 1 aliphatic rings. The molecule has 0 saturated heterocycles. The van der Waals surface area contributed by atoms with Crippen LogP contribution in [0.25, 0.3) is 0 Å². The van der Waals surface area contributed by atoms with Crippen LogP contribution in [0.4, 0.5) is 0 Å². The summed E-state index contributed by atoms with van der Waals surface area (Å²) in [6.45, 7) is 9.38. The van der Waals surface area contributed by atoms with Crippen LogP contribution >= 0.6 is 0 Å². The minimum absolute atomic E-state index is 0.117. The van der Waals surface area contributed by atoms with Crippen molar-refractivity contribution in [2.45, 2.75) is 77.6 Å². The Hall–Kier alpha value is -1.90. The van der Waals surface area contributed by atoms with Crippen molar-refractivity contribution in [2.75, 3.05) is 0 Å². The molecule has 0 radical (unpaired) electrons. The largest absolute Gasteiger partial charge is 0.458 e. The Kier molecular flexibility index (Phi) is 6.31. The van der Waals surface area contributed by atoms with Gasteiger partial charge in [0.15, 0.2) is 0 Å². The van der Waals surface area contributed by atoms with Crippen molar-refractivity contribution < 1.29 is 14.3 Å². The number of carbonyl (C=O) groups excluding carboxylic acids is 2.